The zero-order valence-corrected chi connectivity index (χ0v) is 5.34. The fourth-order valence-electron chi connectivity index (χ4n) is 0. The molecule has 0 bridgehead atoms. The Hall–Kier alpha value is 2.35. The van der Waals surface area contributed by atoms with Crippen molar-refractivity contribution in [3.8, 4) is 0 Å². The molecule has 3 nitrogen and oxygen atoms in total. The van der Waals surface area contributed by atoms with Crippen LogP contribution in [0.4, 0.5) is 0 Å². The van der Waals surface area contributed by atoms with Gasteiger partial charge in [0.15, 0.2) is 0 Å². The largest absolute Gasteiger partial charge is 3.00 e. The van der Waals surface area contributed by atoms with Gasteiger partial charge in [0.25, 0.3) is 0 Å². The summed E-state index contributed by atoms with van der Waals surface area (Å²) in [4.78, 5) is 0. The Bertz CT molecular complexity index is 4.85. The van der Waals surface area contributed by atoms with Crippen molar-refractivity contribution in [3.63, 3.8) is 0 Å². The van der Waals surface area contributed by atoms with E-state index in [1.807, 2.05) is 0 Å². The van der Waals surface area contributed by atoms with Crippen LogP contribution in [0.1, 0.15) is 0 Å². The third kappa shape index (κ3) is 21.8. The van der Waals surface area contributed by atoms with E-state index >= 15 is 0 Å². The summed E-state index contributed by atoms with van der Waals surface area (Å²) in [6.45, 7) is 0. The molecule has 0 spiro atoms. The van der Waals surface area contributed by atoms with E-state index in [-0.39, 0.29) is 90.2 Å². The summed E-state index contributed by atoms with van der Waals surface area (Å²) in [6, 6.07) is 0. The van der Waals surface area contributed by atoms with Crippen LogP contribution in [0.5, 0.6) is 0 Å². The molecule has 0 saturated carbocycles. The summed E-state index contributed by atoms with van der Waals surface area (Å²) in [7, 11) is 0. The molecule has 5 heteroatoms. The maximum Gasteiger partial charge on any atom is 3.00 e. The van der Waals surface area contributed by atoms with Crippen molar-refractivity contribution in [2.24, 2.45) is 0 Å². The molecule has 0 fully saturated rings. The standard InChI is InChI=1S/3O.2Tm/q3*-2;2*+3. The van der Waals surface area contributed by atoms with Crippen LogP contribution < -0.4 is 0 Å². The van der Waals surface area contributed by atoms with Crippen LogP contribution >= 0.6 is 0 Å². The van der Waals surface area contributed by atoms with Gasteiger partial charge < -0.3 is 16.4 Å². The summed E-state index contributed by atoms with van der Waals surface area (Å²) in [5, 5.41) is 0. The minimum atomic E-state index is 0. The summed E-state index contributed by atoms with van der Waals surface area (Å²) in [6.07, 6.45) is 0. The summed E-state index contributed by atoms with van der Waals surface area (Å²) in [5.41, 5.74) is 0. The first-order valence-corrected chi connectivity index (χ1v) is 0. The van der Waals surface area contributed by atoms with E-state index < -0.39 is 0 Å². The molecular weight excluding hydrogens is 386 g/mol. The first-order chi connectivity index (χ1) is 0. The molecule has 0 aromatic heterocycles. The van der Waals surface area contributed by atoms with Crippen molar-refractivity contribution in [2.75, 3.05) is 0 Å². The van der Waals surface area contributed by atoms with Gasteiger partial charge in [0.1, 0.15) is 0 Å². The summed E-state index contributed by atoms with van der Waals surface area (Å²) in [5.74, 6) is 0. The van der Waals surface area contributed by atoms with Crippen molar-refractivity contribution in [3.05, 3.63) is 0 Å². The van der Waals surface area contributed by atoms with Crippen LogP contribution in [0, 0.1) is 73.7 Å². The molecular formula is O3Tm2. The van der Waals surface area contributed by atoms with Crippen LogP contribution in [-0.4, -0.2) is 0 Å². The molecule has 44 valence electrons. The number of hydrogen-bond donors (Lipinski definition) is 0. The molecule has 0 unspecified atom stereocenters. The van der Waals surface area contributed by atoms with Crippen molar-refractivity contribution in [1.82, 2.24) is 0 Å². The van der Waals surface area contributed by atoms with Gasteiger partial charge in [-0.3, -0.25) is 0 Å². The Morgan fingerprint density at radius 3 is 0.400 bits per heavy atom. The van der Waals surface area contributed by atoms with Crippen LogP contribution in [0.2, 0.25) is 0 Å². The molecule has 0 atom stereocenters. The van der Waals surface area contributed by atoms with Crippen LogP contribution in [-0.2, 0) is 16.4 Å². The van der Waals surface area contributed by atoms with E-state index in [0.29, 0.717) is 0 Å². The van der Waals surface area contributed by atoms with Crippen molar-refractivity contribution in [2.45, 2.75) is 0 Å². The molecule has 0 saturated heterocycles. The van der Waals surface area contributed by atoms with Crippen LogP contribution in [0.15, 0.2) is 0 Å². The second kappa shape index (κ2) is 32.9. The maximum absolute atomic E-state index is 0. The van der Waals surface area contributed by atoms with E-state index in [1.54, 1.807) is 0 Å². The van der Waals surface area contributed by atoms with Crippen LogP contribution in [0.3, 0.4) is 0 Å². The molecule has 0 radical (unpaired) electrons. The third-order valence-electron chi connectivity index (χ3n) is 0. The molecule has 0 amide bonds. The molecule has 0 aliphatic carbocycles. The molecule has 0 heterocycles. The molecule has 0 rings (SSSR count). The average Bonchev–Trinajstić information content (AvgIpc) is 0. The minimum Gasteiger partial charge on any atom is -2.00 e. The molecule has 5 heavy (non-hydrogen) atoms. The molecule has 0 aromatic carbocycles. The van der Waals surface area contributed by atoms with Gasteiger partial charge in [-0.2, -0.15) is 0 Å². The normalized spacial score (nSPS) is 0. The quantitative estimate of drug-likeness (QED) is 0.545. The Labute approximate surface area is 88.4 Å². The van der Waals surface area contributed by atoms with Crippen molar-refractivity contribution >= 4 is 0 Å². The Morgan fingerprint density at radius 2 is 0.400 bits per heavy atom. The van der Waals surface area contributed by atoms with Gasteiger partial charge in [-0.05, 0) is 0 Å². The van der Waals surface area contributed by atoms with Crippen molar-refractivity contribution in [1.29, 1.82) is 0 Å². The number of hydrogen-bond acceptors (Lipinski definition) is 0. The smallest absolute Gasteiger partial charge is 2.00 e. The second-order valence-electron chi connectivity index (χ2n) is 0. The fourth-order valence-corrected chi connectivity index (χ4v) is 0. The average molecular weight is 386 g/mol. The van der Waals surface area contributed by atoms with Gasteiger partial charge in [-0.1, -0.05) is 0 Å². The number of rotatable bonds is 0. The maximum atomic E-state index is 0. The van der Waals surface area contributed by atoms with Gasteiger partial charge in [-0.15, -0.1) is 0 Å². The predicted molar refractivity (Wildman–Crippen MR) is 2.06 cm³/mol. The zero-order chi connectivity index (χ0) is 0. The zero-order valence-electron chi connectivity index (χ0n) is 1.78. The predicted octanol–water partition coefficient (Wildman–Crippen LogP) is -0.356. The third-order valence-corrected chi connectivity index (χ3v) is 0. The molecule has 0 aliphatic heterocycles. The Morgan fingerprint density at radius 1 is 0.400 bits per heavy atom. The van der Waals surface area contributed by atoms with Crippen molar-refractivity contribution < 1.29 is 90.2 Å². The summed E-state index contributed by atoms with van der Waals surface area (Å²) < 4.78 is 0. The Balaban J connectivity index is 0. The monoisotopic (exact) mass is 386 g/mol. The van der Waals surface area contributed by atoms with Gasteiger partial charge in [0.2, 0.25) is 0 Å². The SMILES string of the molecule is [O-2].[O-2].[O-2].[Tm+3].[Tm+3]. The molecule has 0 aliphatic rings. The van der Waals surface area contributed by atoms with E-state index in [0.717, 1.165) is 0 Å². The molecule has 0 aromatic rings. The van der Waals surface area contributed by atoms with Gasteiger partial charge in [-0.25, -0.2) is 0 Å². The second-order valence-corrected chi connectivity index (χ2v) is 0. The van der Waals surface area contributed by atoms with Gasteiger partial charge in [0.05, 0.1) is 0 Å². The topological polar surface area (TPSA) is 85.5 Å². The van der Waals surface area contributed by atoms with Gasteiger partial charge in [0, 0.05) is 0 Å². The fraction of sp³-hybridized carbons (Fsp3) is 0. The van der Waals surface area contributed by atoms with Crippen LogP contribution in [0.25, 0.3) is 0 Å². The Kier molecular flexibility index (Phi) is 354. The van der Waals surface area contributed by atoms with Gasteiger partial charge >= 0.3 is 73.7 Å². The first kappa shape index (κ1) is 53.7. The molecule has 0 N–H and O–H groups in total. The van der Waals surface area contributed by atoms with E-state index in [1.165, 1.54) is 0 Å². The van der Waals surface area contributed by atoms with E-state index in [9.17, 15) is 0 Å². The van der Waals surface area contributed by atoms with E-state index in [4.69, 9.17) is 0 Å². The summed E-state index contributed by atoms with van der Waals surface area (Å²) >= 11 is 0. The van der Waals surface area contributed by atoms with E-state index in [2.05, 4.69) is 0 Å². The minimum absolute atomic E-state index is 0. The first-order valence-electron chi connectivity index (χ1n) is 0.